The normalized spacial score (nSPS) is 39.6. The Balaban J connectivity index is 1.58. The van der Waals surface area contributed by atoms with E-state index in [0.29, 0.717) is 5.56 Å². The van der Waals surface area contributed by atoms with Crippen LogP contribution >= 0.6 is 0 Å². The average molecular weight is 611 g/mol. The first-order chi connectivity index (χ1) is 20.3. The van der Waals surface area contributed by atoms with Crippen molar-refractivity contribution in [3.05, 3.63) is 58.6 Å². The van der Waals surface area contributed by atoms with Crippen LogP contribution < -0.4 is 0 Å². The zero-order valence-corrected chi connectivity index (χ0v) is 22.1. The minimum absolute atomic E-state index is 0.0575. The van der Waals surface area contributed by atoms with Gasteiger partial charge in [-0.2, -0.15) is 0 Å². The fraction of sp³-hybridized carbons (Fsp3) is 0.481. The van der Waals surface area contributed by atoms with Gasteiger partial charge >= 0.3 is 0 Å². The number of hydrogen-bond acceptors (Lipinski definition) is 16. The van der Waals surface area contributed by atoms with Gasteiger partial charge in [-0.15, -0.1) is 0 Å². The van der Waals surface area contributed by atoms with E-state index >= 15 is 0 Å². The molecule has 234 valence electrons. The van der Waals surface area contributed by atoms with Gasteiger partial charge in [0, 0.05) is 0 Å². The summed E-state index contributed by atoms with van der Waals surface area (Å²) in [5, 5.41) is 103. The number of phenols is 1. The highest BCUT2D eigenvalue weighted by Crippen LogP contribution is 2.48. The Morgan fingerprint density at radius 1 is 0.884 bits per heavy atom. The zero-order valence-electron chi connectivity index (χ0n) is 22.1. The molecule has 5 rings (SSSR count). The van der Waals surface area contributed by atoms with Crippen LogP contribution in [-0.2, 0) is 28.5 Å². The molecule has 2 saturated heterocycles. The molecule has 11 unspecified atom stereocenters. The van der Waals surface area contributed by atoms with Crippen LogP contribution in [0.15, 0.2) is 53.0 Å². The maximum Gasteiger partial charge on any atom is 0.294 e. The van der Waals surface area contributed by atoms with Gasteiger partial charge in [-0.25, -0.2) is 0 Å². The number of hydrogen-bond donors (Lipinski definition) is 10. The molecule has 16 nitrogen and oxygen atoms in total. The number of ketones is 2. The van der Waals surface area contributed by atoms with Gasteiger partial charge in [0.1, 0.15) is 65.9 Å². The lowest BCUT2D eigenvalue weighted by Crippen LogP contribution is -2.62. The Labute approximate surface area is 242 Å². The second-order valence-corrected chi connectivity index (χ2v) is 10.4. The fourth-order valence-corrected chi connectivity index (χ4v) is 5.31. The number of aliphatic hydroxyl groups excluding tert-OH is 8. The van der Waals surface area contributed by atoms with Crippen LogP contribution in [0.3, 0.4) is 0 Å². The number of carbonyl (C=O) groups excluding carboxylic acids is 2. The van der Waals surface area contributed by atoms with E-state index in [1.54, 1.807) is 0 Å². The quantitative estimate of drug-likeness (QED) is 0.0800. The molecular weight excluding hydrogens is 580 g/mol. The van der Waals surface area contributed by atoms with Gasteiger partial charge in [-0.3, -0.25) is 9.59 Å². The third-order valence-electron chi connectivity index (χ3n) is 7.69. The summed E-state index contributed by atoms with van der Waals surface area (Å²) in [6, 6.07) is 5.51. The van der Waals surface area contributed by atoms with Crippen molar-refractivity contribution in [3.63, 3.8) is 0 Å². The molecule has 2 fully saturated rings. The van der Waals surface area contributed by atoms with Crippen molar-refractivity contribution in [1.29, 1.82) is 0 Å². The third-order valence-corrected chi connectivity index (χ3v) is 7.69. The first-order valence-corrected chi connectivity index (χ1v) is 13.1. The summed E-state index contributed by atoms with van der Waals surface area (Å²) in [6.45, 7) is -1.70. The molecule has 3 aliphatic heterocycles. The molecule has 16 heteroatoms. The van der Waals surface area contributed by atoms with Crippen LogP contribution in [0.1, 0.15) is 5.56 Å². The van der Waals surface area contributed by atoms with Gasteiger partial charge in [-0.1, -0.05) is 18.2 Å². The maximum absolute atomic E-state index is 13.8. The third kappa shape index (κ3) is 5.15. The summed E-state index contributed by atoms with van der Waals surface area (Å²) in [6.07, 6.45) is -15.7. The summed E-state index contributed by atoms with van der Waals surface area (Å²) in [7, 11) is 0. The summed E-state index contributed by atoms with van der Waals surface area (Å²) < 4.78 is 21.8. The highest BCUT2D eigenvalue weighted by Gasteiger charge is 2.64. The molecule has 4 aliphatic rings. The van der Waals surface area contributed by atoms with Crippen molar-refractivity contribution < 1.29 is 79.6 Å². The predicted octanol–water partition coefficient (Wildman–Crippen LogP) is -3.99. The van der Waals surface area contributed by atoms with Gasteiger partial charge in [0.15, 0.2) is 23.9 Å². The van der Waals surface area contributed by atoms with Crippen LogP contribution in [0.25, 0.3) is 6.08 Å². The molecule has 0 spiro atoms. The first-order valence-electron chi connectivity index (χ1n) is 13.1. The van der Waals surface area contributed by atoms with Gasteiger partial charge in [0.25, 0.3) is 5.79 Å². The number of aromatic hydroxyl groups is 1. The number of aliphatic hydroxyl groups is 9. The number of rotatable bonds is 7. The van der Waals surface area contributed by atoms with Crippen molar-refractivity contribution in [3.8, 4) is 5.75 Å². The van der Waals surface area contributed by atoms with E-state index in [1.165, 1.54) is 30.3 Å². The summed E-state index contributed by atoms with van der Waals surface area (Å²) in [4.78, 5) is 27.1. The van der Waals surface area contributed by atoms with E-state index in [1.807, 2.05) is 0 Å². The molecule has 0 bridgehead atoms. The number of benzene rings is 1. The van der Waals surface area contributed by atoms with Crippen LogP contribution in [-0.4, -0.2) is 143 Å². The highest BCUT2D eigenvalue weighted by atomic mass is 16.8. The Morgan fingerprint density at radius 2 is 1.49 bits per heavy atom. The SMILES string of the molecule is O=C(C=Cc1ccc(O)cc1)C1=C(O)C2=C(OC3C2OC(CO)C(O)C3O)C(O)(OC2OC(CO)C(O)C(O)C2O)C1=O. The highest BCUT2D eigenvalue weighted by molar-refractivity contribution is 6.28. The molecule has 1 aromatic rings. The van der Waals surface area contributed by atoms with Crippen LogP contribution in [0.4, 0.5) is 0 Å². The van der Waals surface area contributed by atoms with Crippen molar-refractivity contribution in [1.82, 2.24) is 0 Å². The van der Waals surface area contributed by atoms with Gasteiger partial charge in [0.05, 0.1) is 18.8 Å². The van der Waals surface area contributed by atoms with Gasteiger partial charge in [0.2, 0.25) is 5.78 Å². The summed E-state index contributed by atoms with van der Waals surface area (Å²) >= 11 is 0. The Morgan fingerprint density at radius 3 is 2.12 bits per heavy atom. The largest absolute Gasteiger partial charge is 0.508 e. The Hall–Kier alpha value is -3.26. The summed E-state index contributed by atoms with van der Waals surface area (Å²) in [5.41, 5.74) is -1.23. The molecule has 43 heavy (non-hydrogen) atoms. The maximum atomic E-state index is 13.8. The zero-order chi connectivity index (χ0) is 31.4. The first kappa shape index (κ1) is 31.2. The van der Waals surface area contributed by atoms with E-state index in [9.17, 15) is 60.7 Å². The molecular formula is C27H30O16. The molecule has 3 heterocycles. The fourth-order valence-electron chi connectivity index (χ4n) is 5.31. The van der Waals surface area contributed by atoms with E-state index in [0.717, 1.165) is 6.08 Å². The van der Waals surface area contributed by atoms with E-state index in [2.05, 4.69) is 0 Å². The molecule has 0 saturated carbocycles. The van der Waals surface area contributed by atoms with Gasteiger partial charge in [-0.05, 0) is 23.8 Å². The molecule has 11 atom stereocenters. The standard InChI is InChI=1S/C27H30O16/c28-7-12-17(33)20(36)23-22(40-12)15-18(34)14(11(31)6-3-9-1-4-10(30)5-2-9)24(38)27(39,25(15)42-23)43-26-21(37)19(35)16(32)13(8-29)41-26/h1-6,12-13,16-17,19-23,26,28-30,32-37,39H,7-8H2. The minimum atomic E-state index is -3.41. The van der Waals surface area contributed by atoms with Gasteiger partial charge < -0.3 is 70.0 Å². The number of ether oxygens (including phenoxy) is 4. The smallest absolute Gasteiger partial charge is 0.294 e. The topological polar surface area (TPSA) is 273 Å². The molecule has 1 aromatic carbocycles. The number of phenolic OH excluding ortho intramolecular Hbond substituents is 1. The lowest BCUT2D eigenvalue weighted by atomic mass is 9.83. The minimum Gasteiger partial charge on any atom is -0.508 e. The van der Waals surface area contributed by atoms with Crippen molar-refractivity contribution in [2.75, 3.05) is 13.2 Å². The van der Waals surface area contributed by atoms with E-state index in [-0.39, 0.29) is 5.75 Å². The number of carbonyl (C=O) groups is 2. The Bertz CT molecular complexity index is 1350. The second-order valence-electron chi connectivity index (χ2n) is 10.4. The van der Waals surface area contributed by atoms with E-state index in [4.69, 9.17) is 18.9 Å². The summed E-state index contributed by atoms with van der Waals surface area (Å²) in [5.74, 6) is -8.23. The number of Topliss-reactive ketones (excluding diaryl/α,β-unsaturated/α-hetero) is 1. The van der Waals surface area contributed by atoms with Crippen molar-refractivity contribution in [2.24, 2.45) is 0 Å². The number of fused-ring (bicyclic) bond motifs is 2. The molecule has 0 aromatic heterocycles. The lowest BCUT2D eigenvalue weighted by molar-refractivity contribution is -0.349. The lowest BCUT2D eigenvalue weighted by Gasteiger charge is -2.43. The average Bonchev–Trinajstić information content (AvgIpc) is 3.39. The van der Waals surface area contributed by atoms with Crippen LogP contribution in [0.2, 0.25) is 0 Å². The molecule has 1 aliphatic carbocycles. The van der Waals surface area contributed by atoms with Crippen LogP contribution in [0, 0.1) is 0 Å². The van der Waals surface area contributed by atoms with Crippen LogP contribution in [0.5, 0.6) is 5.75 Å². The predicted molar refractivity (Wildman–Crippen MR) is 136 cm³/mol. The second kappa shape index (κ2) is 11.7. The van der Waals surface area contributed by atoms with E-state index < -0.39 is 114 Å². The monoisotopic (exact) mass is 610 g/mol. The number of allylic oxidation sites excluding steroid dienone is 1. The molecule has 10 N–H and O–H groups in total. The molecule has 0 radical (unpaired) electrons. The van der Waals surface area contributed by atoms with Crippen molar-refractivity contribution >= 4 is 17.6 Å². The molecule has 0 amide bonds. The van der Waals surface area contributed by atoms with Crippen molar-refractivity contribution in [2.45, 2.75) is 67.0 Å². The Kier molecular flexibility index (Phi) is 8.47.